The minimum Gasteiger partial charge on any atom is -0.347 e. The Bertz CT molecular complexity index is 569. The number of hydrogen-bond acceptors (Lipinski definition) is 3. The van der Waals surface area contributed by atoms with Crippen LogP contribution in [0.4, 0.5) is 17.1 Å². The van der Waals surface area contributed by atoms with Gasteiger partial charge in [0.2, 0.25) is 0 Å². The first-order chi connectivity index (χ1) is 8.92. The van der Waals surface area contributed by atoms with Gasteiger partial charge in [-0.3, -0.25) is 0 Å². The van der Waals surface area contributed by atoms with Crippen molar-refractivity contribution in [3.05, 3.63) is 54.1 Å². The summed E-state index contributed by atoms with van der Waals surface area (Å²) in [5.41, 5.74) is 5.16. The lowest BCUT2D eigenvalue weighted by Gasteiger charge is -2.27. The van der Waals surface area contributed by atoms with Crippen molar-refractivity contribution >= 4 is 17.1 Å². The molecule has 2 aromatic carbocycles. The highest BCUT2D eigenvalue weighted by atomic mass is 15.4. The summed E-state index contributed by atoms with van der Waals surface area (Å²) in [5, 5.41) is 7.06. The van der Waals surface area contributed by atoms with Crippen LogP contribution in [0.5, 0.6) is 0 Å². The molecule has 4 rings (SSSR count). The van der Waals surface area contributed by atoms with E-state index in [0.29, 0.717) is 0 Å². The fourth-order valence-corrected chi connectivity index (χ4v) is 2.85. The molecule has 0 saturated carbocycles. The van der Waals surface area contributed by atoms with Crippen LogP contribution in [-0.2, 0) is 6.42 Å². The van der Waals surface area contributed by atoms with E-state index in [2.05, 4.69) is 64.1 Å². The lowest BCUT2D eigenvalue weighted by Crippen LogP contribution is -2.42. The zero-order valence-electron chi connectivity index (χ0n) is 10.1. The van der Waals surface area contributed by atoms with E-state index in [1.165, 1.54) is 22.6 Å². The summed E-state index contributed by atoms with van der Waals surface area (Å²) in [4.78, 5) is 2.40. The molecule has 0 unspecified atom stereocenters. The van der Waals surface area contributed by atoms with Gasteiger partial charge in [-0.05, 0) is 30.2 Å². The van der Waals surface area contributed by atoms with Crippen molar-refractivity contribution in [1.82, 2.24) is 0 Å². The van der Waals surface area contributed by atoms with E-state index >= 15 is 0 Å². The molecule has 18 heavy (non-hydrogen) atoms. The van der Waals surface area contributed by atoms with Crippen LogP contribution < -0.4 is 15.5 Å². The first-order valence-corrected chi connectivity index (χ1v) is 6.38. The number of para-hydroxylation sites is 3. The quantitative estimate of drug-likeness (QED) is 0.798. The minimum absolute atomic E-state index is 0.172. The Morgan fingerprint density at radius 3 is 2.33 bits per heavy atom. The highest BCUT2D eigenvalue weighted by molar-refractivity contribution is 5.76. The van der Waals surface area contributed by atoms with Gasteiger partial charge in [-0.2, -0.15) is 0 Å². The van der Waals surface area contributed by atoms with E-state index in [0.717, 1.165) is 13.0 Å². The first kappa shape index (κ1) is 9.83. The zero-order valence-corrected chi connectivity index (χ0v) is 10.1. The lowest BCUT2D eigenvalue weighted by atomic mass is 10.2. The topological polar surface area (TPSA) is 27.3 Å². The molecule has 0 amide bonds. The van der Waals surface area contributed by atoms with Crippen molar-refractivity contribution in [3.8, 4) is 0 Å². The largest absolute Gasteiger partial charge is 0.347 e. The van der Waals surface area contributed by atoms with Crippen LogP contribution in [0, 0.1) is 0 Å². The summed E-state index contributed by atoms with van der Waals surface area (Å²) < 4.78 is 0. The monoisotopic (exact) mass is 237 g/mol. The van der Waals surface area contributed by atoms with E-state index in [1.807, 2.05) is 0 Å². The van der Waals surface area contributed by atoms with Gasteiger partial charge in [0.1, 0.15) is 0 Å². The molecular formula is C15H15N3. The summed E-state index contributed by atoms with van der Waals surface area (Å²) in [6, 6.07) is 17.0. The fraction of sp³-hybridized carbons (Fsp3) is 0.200. The average Bonchev–Trinajstić information content (AvgIpc) is 3.02. The van der Waals surface area contributed by atoms with Crippen LogP contribution in [-0.4, -0.2) is 12.8 Å². The van der Waals surface area contributed by atoms with Crippen LogP contribution in [0.1, 0.15) is 5.56 Å². The fourth-order valence-electron chi connectivity index (χ4n) is 2.85. The van der Waals surface area contributed by atoms with Gasteiger partial charge in [0.15, 0.2) is 6.29 Å². The number of nitrogens with zero attached hydrogens (tertiary/aromatic N) is 1. The Kier molecular flexibility index (Phi) is 2.00. The summed E-state index contributed by atoms with van der Waals surface area (Å²) in [7, 11) is 0. The summed E-state index contributed by atoms with van der Waals surface area (Å²) >= 11 is 0. The summed E-state index contributed by atoms with van der Waals surface area (Å²) in [5.74, 6) is 0. The van der Waals surface area contributed by atoms with Crippen LogP contribution in [0.25, 0.3) is 0 Å². The molecule has 0 fully saturated rings. The molecule has 0 radical (unpaired) electrons. The molecule has 0 spiro atoms. The molecule has 2 aliphatic rings. The van der Waals surface area contributed by atoms with E-state index in [-0.39, 0.29) is 6.29 Å². The maximum absolute atomic E-state index is 3.53. The van der Waals surface area contributed by atoms with Gasteiger partial charge in [-0.1, -0.05) is 30.3 Å². The Balaban J connectivity index is 1.65. The molecule has 2 N–H and O–H groups in total. The highest BCUT2D eigenvalue weighted by Crippen LogP contribution is 2.34. The summed E-state index contributed by atoms with van der Waals surface area (Å²) in [6.45, 7) is 1.07. The Morgan fingerprint density at radius 2 is 1.56 bits per heavy atom. The standard InChI is InChI=1S/C15H15N3/c1-4-8-14-11(5-1)9-10-18(14)15-16-12-6-2-3-7-13(12)17-15/h1-8,15-17H,9-10H2. The molecule has 3 heteroatoms. The molecule has 0 saturated heterocycles. The SMILES string of the molecule is c1ccc2c(c1)CCN2C1Nc2ccccc2N1. The van der Waals surface area contributed by atoms with E-state index < -0.39 is 0 Å². The second kappa shape index (κ2) is 3.67. The van der Waals surface area contributed by atoms with Crippen molar-refractivity contribution in [3.63, 3.8) is 0 Å². The lowest BCUT2D eigenvalue weighted by molar-refractivity contribution is 0.752. The predicted octanol–water partition coefficient (Wildman–Crippen LogP) is 2.87. The number of fused-ring (bicyclic) bond motifs is 2. The maximum Gasteiger partial charge on any atom is 0.176 e. The van der Waals surface area contributed by atoms with E-state index in [4.69, 9.17) is 0 Å². The Hall–Kier alpha value is -2.16. The van der Waals surface area contributed by atoms with Crippen molar-refractivity contribution in [1.29, 1.82) is 0 Å². The number of anilines is 3. The Labute approximate surface area is 106 Å². The van der Waals surface area contributed by atoms with Crippen LogP contribution in [0.2, 0.25) is 0 Å². The van der Waals surface area contributed by atoms with Gasteiger partial charge in [0.05, 0.1) is 11.4 Å². The highest BCUT2D eigenvalue weighted by Gasteiger charge is 2.29. The van der Waals surface area contributed by atoms with Gasteiger partial charge < -0.3 is 15.5 Å². The normalized spacial score (nSPS) is 17.0. The molecule has 0 bridgehead atoms. The van der Waals surface area contributed by atoms with Gasteiger partial charge in [-0.15, -0.1) is 0 Å². The van der Waals surface area contributed by atoms with Crippen LogP contribution in [0.15, 0.2) is 48.5 Å². The molecule has 0 aromatic heterocycles. The third-order valence-electron chi connectivity index (χ3n) is 3.75. The van der Waals surface area contributed by atoms with E-state index in [9.17, 15) is 0 Å². The number of hydrogen-bond donors (Lipinski definition) is 2. The van der Waals surface area contributed by atoms with Gasteiger partial charge >= 0.3 is 0 Å². The third kappa shape index (κ3) is 1.37. The third-order valence-corrected chi connectivity index (χ3v) is 3.75. The average molecular weight is 237 g/mol. The van der Waals surface area contributed by atoms with Crippen LogP contribution >= 0.6 is 0 Å². The van der Waals surface area contributed by atoms with Crippen molar-refractivity contribution < 1.29 is 0 Å². The van der Waals surface area contributed by atoms with Crippen molar-refractivity contribution in [2.24, 2.45) is 0 Å². The molecule has 2 heterocycles. The zero-order chi connectivity index (χ0) is 11.9. The summed E-state index contributed by atoms with van der Waals surface area (Å²) in [6.07, 6.45) is 1.30. The molecular weight excluding hydrogens is 222 g/mol. The van der Waals surface area contributed by atoms with Crippen molar-refractivity contribution in [2.45, 2.75) is 12.7 Å². The van der Waals surface area contributed by atoms with Gasteiger partial charge in [-0.25, -0.2) is 0 Å². The van der Waals surface area contributed by atoms with Crippen molar-refractivity contribution in [2.75, 3.05) is 22.1 Å². The van der Waals surface area contributed by atoms with E-state index in [1.54, 1.807) is 0 Å². The Morgan fingerprint density at radius 1 is 0.889 bits per heavy atom. The number of benzene rings is 2. The second-order valence-electron chi connectivity index (χ2n) is 4.81. The molecule has 0 atom stereocenters. The predicted molar refractivity (Wildman–Crippen MR) is 75.0 cm³/mol. The molecule has 2 aliphatic heterocycles. The number of nitrogens with one attached hydrogen (secondary N) is 2. The molecule has 90 valence electrons. The molecule has 2 aromatic rings. The van der Waals surface area contributed by atoms with Gasteiger partial charge in [0.25, 0.3) is 0 Å². The van der Waals surface area contributed by atoms with Crippen LogP contribution in [0.3, 0.4) is 0 Å². The first-order valence-electron chi connectivity index (χ1n) is 6.38. The smallest absolute Gasteiger partial charge is 0.176 e. The molecule has 0 aliphatic carbocycles. The molecule has 3 nitrogen and oxygen atoms in total. The maximum atomic E-state index is 3.53. The number of rotatable bonds is 1. The second-order valence-corrected chi connectivity index (χ2v) is 4.81. The minimum atomic E-state index is 0.172. The van der Waals surface area contributed by atoms with Gasteiger partial charge in [0, 0.05) is 12.2 Å².